The van der Waals surface area contributed by atoms with Gasteiger partial charge in [-0.05, 0) is 40.2 Å². The second-order valence-electron chi connectivity index (χ2n) is 4.92. The van der Waals surface area contributed by atoms with Gasteiger partial charge in [-0.3, -0.25) is 0 Å². The molecule has 0 radical (unpaired) electrons. The molecule has 2 heteroatoms. The third-order valence-corrected chi connectivity index (χ3v) is 2.38. The standard InChI is InChI=1S/C11H23NO/c1-11(2,3)13-9-10-7-5-4-6-8-12-10/h10,12H,4-9H2,1-3H3. The van der Waals surface area contributed by atoms with Crippen molar-refractivity contribution in [3.05, 3.63) is 0 Å². The van der Waals surface area contributed by atoms with Crippen LogP contribution in [0.4, 0.5) is 0 Å². The molecule has 0 saturated carbocycles. The Balaban J connectivity index is 2.19. The number of ether oxygens (including phenoxy) is 1. The highest BCUT2D eigenvalue weighted by Gasteiger charge is 2.16. The fourth-order valence-corrected chi connectivity index (χ4v) is 1.59. The number of hydrogen-bond acceptors (Lipinski definition) is 2. The van der Waals surface area contributed by atoms with Crippen molar-refractivity contribution in [2.45, 2.75) is 58.1 Å². The lowest BCUT2D eigenvalue weighted by Gasteiger charge is -2.24. The van der Waals surface area contributed by atoms with Crippen LogP contribution in [0.1, 0.15) is 46.5 Å². The number of hydrogen-bond donors (Lipinski definition) is 1. The third-order valence-electron chi connectivity index (χ3n) is 2.38. The minimum atomic E-state index is 0.00792. The molecule has 1 heterocycles. The molecule has 78 valence electrons. The first-order valence-electron chi connectivity index (χ1n) is 5.45. The molecule has 1 atom stereocenters. The molecule has 1 N–H and O–H groups in total. The van der Waals surface area contributed by atoms with Crippen molar-refractivity contribution in [1.29, 1.82) is 0 Å². The maximum Gasteiger partial charge on any atom is 0.0626 e. The van der Waals surface area contributed by atoms with Gasteiger partial charge in [0.15, 0.2) is 0 Å². The third kappa shape index (κ3) is 5.27. The van der Waals surface area contributed by atoms with Crippen LogP contribution in [0, 0.1) is 0 Å². The Labute approximate surface area is 82.0 Å². The van der Waals surface area contributed by atoms with E-state index in [0.29, 0.717) is 6.04 Å². The van der Waals surface area contributed by atoms with E-state index in [1.54, 1.807) is 0 Å². The van der Waals surface area contributed by atoms with Crippen molar-refractivity contribution in [2.75, 3.05) is 13.2 Å². The summed E-state index contributed by atoms with van der Waals surface area (Å²) in [5.41, 5.74) is 0.00792. The van der Waals surface area contributed by atoms with Gasteiger partial charge in [-0.1, -0.05) is 12.8 Å². The molecule has 1 aliphatic heterocycles. The fraction of sp³-hybridized carbons (Fsp3) is 1.00. The Hall–Kier alpha value is -0.0800. The van der Waals surface area contributed by atoms with Gasteiger partial charge in [-0.15, -0.1) is 0 Å². The molecule has 0 aromatic rings. The van der Waals surface area contributed by atoms with Crippen LogP contribution in [-0.2, 0) is 4.74 Å². The maximum absolute atomic E-state index is 5.76. The van der Waals surface area contributed by atoms with Crippen LogP contribution in [0.2, 0.25) is 0 Å². The summed E-state index contributed by atoms with van der Waals surface area (Å²) in [4.78, 5) is 0. The first-order valence-corrected chi connectivity index (χ1v) is 5.45. The summed E-state index contributed by atoms with van der Waals surface area (Å²) in [6, 6.07) is 0.585. The first kappa shape index (κ1) is 11.0. The summed E-state index contributed by atoms with van der Waals surface area (Å²) >= 11 is 0. The molecule has 0 aromatic carbocycles. The Morgan fingerprint density at radius 2 is 2.00 bits per heavy atom. The fourth-order valence-electron chi connectivity index (χ4n) is 1.59. The molecule has 1 fully saturated rings. The number of nitrogens with one attached hydrogen (secondary N) is 1. The maximum atomic E-state index is 5.76. The average molecular weight is 185 g/mol. The van der Waals surface area contributed by atoms with E-state index in [-0.39, 0.29) is 5.60 Å². The van der Waals surface area contributed by atoms with E-state index in [1.807, 2.05) is 0 Å². The summed E-state index contributed by atoms with van der Waals surface area (Å²) < 4.78 is 5.76. The molecular formula is C11H23NO. The molecule has 1 aliphatic rings. The lowest BCUT2D eigenvalue weighted by Crippen LogP contribution is -2.35. The monoisotopic (exact) mass is 185 g/mol. The topological polar surface area (TPSA) is 21.3 Å². The lowest BCUT2D eigenvalue weighted by atomic mass is 10.1. The van der Waals surface area contributed by atoms with Gasteiger partial charge in [0.05, 0.1) is 12.2 Å². The van der Waals surface area contributed by atoms with Crippen LogP contribution < -0.4 is 5.32 Å². The van der Waals surface area contributed by atoms with Gasteiger partial charge in [0.25, 0.3) is 0 Å². The second kappa shape index (κ2) is 4.97. The minimum Gasteiger partial charge on any atom is -0.374 e. The van der Waals surface area contributed by atoms with Gasteiger partial charge in [0.1, 0.15) is 0 Å². The Morgan fingerprint density at radius 3 is 2.69 bits per heavy atom. The molecule has 0 aliphatic carbocycles. The molecular weight excluding hydrogens is 162 g/mol. The zero-order valence-electron chi connectivity index (χ0n) is 9.23. The summed E-state index contributed by atoms with van der Waals surface area (Å²) in [5.74, 6) is 0. The number of rotatable bonds is 2. The summed E-state index contributed by atoms with van der Waals surface area (Å²) in [7, 11) is 0. The SMILES string of the molecule is CC(C)(C)OCC1CCCCCN1. The van der Waals surface area contributed by atoms with E-state index in [9.17, 15) is 0 Å². The average Bonchev–Trinajstić information content (AvgIpc) is 2.26. The highest BCUT2D eigenvalue weighted by Crippen LogP contribution is 2.12. The van der Waals surface area contributed by atoms with Crippen molar-refractivity contribution in [1.82, 2.24) is 5.32 Å². The Bertz CT molecular complexity index is 132. The van der Waals surface area contributed by atoms with Gasteiger partial charge in [-0.25, -0.2) is 0 Å². The molecule has 0 aromatic heterocycles. The van der Waals surface area contributed by atoms with Crippen LogP contribution in [0.25, 0.3) is 0 Å². The van der Waals surface area contributed by atoms with Crippen LogP contribution in [-0.4, -0.2) is 24.8 Å². The summed E-state index contributed by atoms with van der Waals surface area (Å²) in [6.45, 7) is 8.37. The van der Waals surface area contributed by atoms with Gasteiger partial charge < -0.3 is 10.1 Å². The zero-order valence-corrected chi connectivity index (χ0v) is 9.23. The van der Waals surface area contributed by atoms with Gasteiger partial charge in [0, 0.05) is 6.04 Å². The largest absolute Gasteiger partial charge is 0.374 e. The van der Waals surface area contributed by atoms with Crippen LogP contribution >= 0.6 is 0 Å². The van der Waals surface area contributed by atoms with E-state index in [1.165, 1.54) is 25.7 Å². The van der Waals surface area contributed by atoms with E-state index in [2.05, 4.69) is 26.1 Å². The molecule has 1 unspecified atom stereocenters. The van der Waals surface area contributed by atoms with Gasteiger partial charge in [0.2, 0.25) is 0 Å². The Morgan fingerprint density at radius 1 is 1.23 bits per heavy atom. The van der Waals surface area contributed by atoms with E-state index in [0.717, 1.165) is 13.2 Å². The van der Waals surface area contributed by atoms with Crippen LogP contribution in [0.5, 0.6) is 0 Å². The van der Waals surface area contributed by atoms with E-state index in [4.69, 9.17) is 4.74 Å². The quantitative estimate of drug-likeness (QED) is 0.713. The normalized spacial score (nSPS) is 25.6. The Kier molecular flexibility index (Phi) is 4.20. The van der Waals surface area contributed by atoms with Crippen molar-refractivity contribution in [3.8, 4) is 0 Å². The van der Waals surface area contributed by atoms with Gasteiger partial charge in [-0.2, -0.15) is 0 Å². The van der Waals surface area contributed by atoms with E-state index >= 15 is 0 Å². The highest BCUT2D eigenvalue weighted by atomic mass is 16.5. The second-order valence-corrected chi connectivity index (χ2v) is 4.92. The van der Waals surface area contributed by atoms with Crippen LogP contribution in [0.3, 0.4) is 0 Å². The van der Waals surface area contributed by atoms with Crippen molar-refractivity contribution >= 4 is 0 Å². The molecule has 0 bridgehead atoms. The molecule has 0 spiro atoms. The summed E-state index contributed by atoms with van der Waals surface area (Å²) in [5, 5.41) is 3.53. The molecule has 13 heavy (non-hydrogen) atoms. The smallest absolute Gasteiger partial charge is 0.0626 e. The van der Waals surface area contributed by atoms with Gasteiger partial charge >= 0.3 is 0 Å². The highest BCUT2D eigenvalue weighted by molar-refractivity contribution is 4.71. The van der Waals surface area contributed by atoms with Crippen molar-refractivity contribution in [3.63, 3.8) is 0 Å². The predicted molar refractivity (Wildman–Crippen MR) is 56.0 cm³/mol. The zero-order chi connectivity index (χ0) is 9.73. The minimum absolute atomic E-state index is 0.00792. The van der Waals surface area contributed by atoms with E-state index < -0.39 is 0 Å². The predicted octanol–water partition coefficient (Wildman–Crippen LogP) is 2.33. The lowest BCUT2D eigenvalue weighted by molar-refractivity contribution is -0.0148. The van der Waals surface area contributed by atoms with Crippen molar-refractivity contribution in [2.24, 2.45) is 0 Å². The molecule has 1 saturated heterocycles. The first-order chi connectivity index (χ1) is 6.08. The molecule has 2 nitrogen and oxygen atoms in total. The van der Waals surface area contributed by atoms with Crippen molar-refractivity contribution < 1.29 is 4.74 Å². The molecule has 0 amide bonds. The molecule has 1 rings (SSSR count). The summed E-state index contributed by atoms with van der Waals surface area (Å²) in [6.07, 6.45) is 5.33. The van der Waals surface area contributed by atoms with Crippen LogP contribution in [0.15, 0.2) is 0 Å².